The van der Waals surface area contributed by atoms with Crippen molar-refractivity contribution in [1.29, 1.82) is 0 Å². The number of anilines is 1. The number of aliphatic hydroxyl groups excluding tert-OH is 1. The third kappa shape index (κ3) is 2.74. The molecule has 2 heterocycles. The van der Waals surface area contributed by atoms with E-state index in [1.807, 2.05) is 0 Å². The van der Waals surface area contributed by atoms with Crippen molar-refractivity contribution >= 4 is 56.3 Å². The number of aromatic nitrogens is 1. The predicted molar refractivity (Wildman–Crippen MR) is 74.8 cm³/mol. The highest BCUT2D eigenvalue weighted by molar-refractivity contribution is 9.10. The van der Waals surface area contributed by atoms with Crippen LogP contribution in [0.2, 0.25) is 9.36 Å². The number of halogens is 3. The van der Waals surface area contributed by atoms with E-state index in [0.717, 1.165) is 4.47 Å². The molecule has 2 rings (SSSR count). The Morgan fingerprint density at radius 1 is 1.41 bits per heavy atom. The number of pyridine rings is 1. The third-order valence-electron chi connectivity index (χ3n) is 2.14. The van der Waals surface area contributed by atoms with Gasteiger partial charge in [-0.05, 0) is 28.1 Å². The van der Waals surface area contributed by atoms with Gasteiger partial charge in [0.15, 0.2) is 0 Å². The van der Waals surface area contributed by atoms with Gasteiger partial charge in [0.1, 0.15) is 16.3 Å². The van der Waals surface area contributed by atoms with E-state index < -0.39 is 6.10 Å². The molecular weight excluding hydrogens is 347 g/mol. The number of hydrogen-bond acceptors (Lipinski definition) is 4. The molecule has 2 aromatic rings. The lowest BCUT2D eigenvalue weighted by atomic mass is 10.1. The molecule has 1 atom stereocenters. The minimum absolute atomic E-state index is 0.252. The Kier molecular flexibility index (Phi) is 3.95. The number of thiophene rings is 1. The summed E-state index contributed by atoms with van der Waals surface area (Å²) in [4.78, 5) is 4.58. The van der Waals surface area contributed by atoms with Crippen molar-refractivity contribution in [2.75, 3.05) is 5.73 Å². The molecule has 0 aromatic carbocycles. The van der Waals surface area contributed by atoms with Gasteiger partial charge >= 0.3 is 0 Å². The predicted octanol–water partition coefficient (Wildman–Crippen LogP) is 3.88. The molecule has 3 nitrogen and oxygen atoms in total. The second kappa shape index (κ2) is 5.12. The second-order valence-corrected chi connectivity index (χ2v) is 6.28. The lowest BCUT2D eigenvalue weighted by molar-refractivity contribution is 0.224. The smallest absolute Gasteiger partial charge is 0.129 e. The fourth-order valence-corrected chi connectivity index (χ4v) is 3.24. The molecule has 17 heavy (non-hydrogen) atoms. The van der Waals surface area contributed by atoms with Crippen LogP contribution in [0.4, 0.5) is 5.82 Å². The Hall–Kier alpha value is -0.330. The first-order valence-corrected chi connectivity index (χ1v) is 6.89. The summed E-state index contributed by atoms with van der Waals surface area (Å²) in [5, 5.41) is 10.6. The van der Waals surface area contributed by atoms with Gasteiger partial charge in [-0.25, -0.2) is 4.98 Å². The molecular formula is C10H7BrCl2N2OS. The first-order chi connectivity index (χ1) is 7.99. The Labute approximate surface area is 120 Å². The third-order valence-corrected chi connectivity index (χ3v) is 4.88. The SMILES string of the molecule is Nc1ncc(Cl)cc1C(O)c1cc(Br)c(Cl)s1. The van der Waals surface area contributed by atoms with Gasteiger partial charge in [-0.1, -0.05) is 23.2 Å². The van der Waals surface area contributed by atoms with Crippen LogP contribution in [0.25, 0.3) is 0 Å². The maximum atomic E-state index is 10.2. The van der Waals surface area contributed by atoms with Gasteiger partial charge in [0, 0.05) is 21.1 Å². The maximum absolute atomic E-state index is 10.2. The summed E-state index contributed by atoms with van der Waals surface area (Å²) in [6.07, 6.45) is 0.555. The first kappa shape index (κ1) is 13.1. The van der Waals surface area contributed by atoms with Crippen LogP contribution in [-0.4, -0.2) is 10.1 Å². The lowest BCUT2D eigenvalue weighted by Crippen LogP contribution is -2.04. The Balaban J connectivity index is 2.42. The highest BCUT2D eigenvalue weighted by atomic mass is 79.9. The van der Waals surface area contributed by atoms with Crippen LogP contribution in [0.3, 0.4) is 0 Å². The fraction of sp³-hybridized carbons (Fsp3) is 0.100. The van der Waals surface area contributed by atoms with Crippen LogP contribution in [0.1, 0.15) is 16.5 Å². The molecule has 1 unspecified atom stereocenters. The summed E-state index contributed by atoms with van der Waals surface area (Å²) in [6, 6.07) is 3.34. The normalized spacial score (nSPS) is 12.7. The van der Waals surface area contributed by atoms with E-state index >= 15 is 0 Å². The largest absolute Gasteiger partial charge is 0.383 e. The highest BCUT2D eigenvalue weighted by Gasteiger charge is 2.18. The van der Waals surface area contributed by atoms with Crippen LogP contribution >= 0.6 is 50.5 Å². The van der Waals surface area contributed by atoms with Gasteiger partial charge in [0.2, 0.25) is 0 Å². The standard InChI is InChI=1S/C10H7BrCl2N2OS/c11-6-2-7(17-9(6)13)8(16)5-1-4(12)3-15-10(5)14/h1-3,8,16H,(H2,14,15). The zero-order chi connectivity index (χ0) is 12.6. The molecule has 7 heteroatoms. The maximum Gasteiger partial charge on any atom is 0.129 e. The summed E-state index contributed by atoms with van der Waals surface area (Å²) in [5.41, 5.74) is 6.18. The molecule has 0 aliphatic rings. The van der Waals surface area contributed by atoms with Crippen molar-refractivity contribution in [3.63, 3.8) is 0 Å². The van der Waals surface area contributed by atoms with E-state index in [0.29, 0.717) is 19.8 Å². The van der Waals surface area contributed by atoms with Crippen LogP contribution in [0.5, 0.6) is 0 Å². The molecule has 2 aromatic heterocycles. The highest BCUT2D eigenvalue weighted by Crippen LogP contribution is 2.38. The second-order valence-electron chi connectivity index (χ2n) is 3.30. The number of nitrogens with two attached hydrogens (primary N) is 1. The minimum atomic E-state index is -0.880. The summed E-state index contributed by atoms with van der Waals surface area (Å²) >= 11 is 16.3. The molecule has 90 valence electrons. The van der Waals surface area contributed by atoms with E-state index in [1.54, 1.807) is 12.1 Å². The van der Waals surface area contributed by atoms with Gasteiger partial charge in [-0.2, -0.15) is 0 Å². The molecule has 0 spiro atoms. The Morgan fingerprint density at radius 3 is 2.71 bits per heavy atom. The minimum Gasteiger partial charge on any atom is -0.383 e. The summed E-state index contributed by atoms with van der Waals surface area (Å²) in [5.74, 6) is 0.252. The van der Waals surface area contributed by atoms with Crippen molar-refractivity contribution in [3.8, 4) is 0 Å². The molecule has 0 radical (unpaired) electrons. The number of aliphatic hydroxyl groups is 1. The van der Waals surface area contributed by atoms with Gasteiger partial charge in [-0.15, -0.1) is 11.3 Å². The average Bonchev–Trinajstić information content (AvgIpc) is 2.62. The van der Waals surface area contributed by atoms with Crippen molar-refractivity contribution in [2.45, 2.75) is 6.10 Å². The lowest BCUT2D eigenvalue weighted by Gasteiger charge is -2.11. The quantitative estimate of drug-likeness (QED) is 0.861. The van der Waals surface area contributed by atoms with Gasteiger partial charge in [0.25, 0.3) is 0 Å². The average molecular weight is 354 g/mol. The number of rotatable bonds is 2. The van der Waals surface area contributed by atoms with E-state index in [-0.39, 0.29) is 5.82 Å². The number of nitrogens with zero attached hydrogens (tertiary/aromatic N) is 1. The van der Waals surface area contributed by atoms with Crippen LogP contribution in [0, 0.1) is 0 Å². The zero-order valence-electron chi connectivity index (χ0n) is 8.32. The van der Waals surface area contributed by atoms with Gasteiger partial charge in [0.05, 0.1) is 5.02 Å². The summed E-state index contributed by atoms with van der Waals surface area (Å²) in [7, 11) is 0. The molecule has 3 N–H and O–H groups in total. The summed E-state index contributed by atoms with van der Waals surface area (Å²) in [6.45, 7) is 0. The topological polar surface area (TPSA) is 59.1 Å². The molecule has 0 saturated heterocycles. The van der Waals surface area contributed by atoms with Crippen molar-refractivity contribution in [3.05, 3.63) is 42.6 Å². The first-order valence-electron chi connectivity index (χ1n) is 4.52. The molecule has 0 amide bonds. The van der Waals surface area contributed by atoms with Crippen LogP contribution in [-0.2, 0) is 0 Å². The van der Waals surface area contributed by atoms with E-state index in [1.165, 1.54) is 17.5 Å². The molecule has 0 bridgehead atoms. The zero-order valence-corrected chi connectivity index (χ0v) is 12.2. The number of nitrogen functional groups attached to an aromatic ring is 1. The Bertz CT molecular complexity index is 542. The van der Waals surface area contributed by atoms with Crippen molar-refractivity contribution < 1.29 is 5.11 Å². The van der Waals surface area contributed by atoms with Crippen molar-refractivity contribution in [1.82, 2.24) is 4.98 Å². The monoisotopic (exact) mass is 352 g/mol. The van der Waals surface area contributed by atoms with Gasteiger partial charge in [-0.3, -0.25) is 0 Å². The molecule has 0 aliphatic carbocycles. The van der Waals surface area contributed by atoms with Crippen LogP contribution in [0.15, 0.2) is 22.8 Å². The van der Waals surface area contributed by atoms with E-state index in [9.17, 15) is 5.11 Å². The van der Waals surface area contributed by atoms with E-state index in [4.69, 9.17) is 28.9 Å². The molecule has 0 aliphatic heterocycles. The van der Waals surface area contributed by atoms with Gasteiger partial charge < -0.3 is 10.8 Å². The summed E-state index contributed by atoms with van der Waals surface area (Å²) < 4.78 is 1.32. The van der Waals surface area contributed by atoms with Crippen LogP contribution < -0.4 is 5.73 Å². The molecule has 0 fully saturated rings. The fourth-order valence-electron chi connectivity index (χ4n) is 1.34. The van der Waals surface area contributed by atoms with E-state index in [2.05, 4.69) is 20.9 Å². The Morgan fingerprint density at radius 2 is 2.12 bits per heavy atom. The molecule has 0 saturated carbocycles. The number of hydrogen-bond donors (Lipinski definition) is 2. The van der Waals surface area contributed by atoms with Crippen molar-refractivity contribution in [2.24, 2.45) is 0 Å².